The van der Waals surface area contributed by atoms with Crippen LogP contribution in [-0.4, -0.2) is 16.5 Å². The normalized spacial score (nSPS) is 60.3. The van der Waals surface area contributed by atoms with E-state index in [1.807, 2.05) is 0 Å². The molecule has 2 unspecified atom stereocenters. The molecule has 4 rings (SSSR count). The molecular weight excluding hydrogens is 232 g/mol. The van der Waals surface area contributed by atoms with Crippen LogP contribution in [0.25, 0.3) is 0 Å². The Hall–Kier alpha value is 1.75. The van der Waals surface area contributed by atoms with Crippen molar-refractivity contribution in [2.45, 2.75) is 29.8 Å². The van der Waals surface area contributed by atoms with E-state index in [0.29, 0.717) is 4.08 Å². The van der Waals surface area contributed by atoms with Crippen LogP contribution >= 0.6 is 58.8 Å². The molecule has 4 heterocycles. The molecule has 0 aromatic heterocycles. The van der Waals surface area contributed by atoms with Crippen molar-refractivity contribution in [3.63, 3.8) is 0 Å². The van der Waals surface area contributed by atoms with Gasteiger partial charge >= 0.3 is 0 Å². The van der Waals surface area contributed by atoms with Gasteiger partial charge in [0.15, 0.2) is 0 Å². The third-order valence-electron chi connectivity index (χ3n) is 1.98. The van der Waals surface area contributed by atoms with Crippen molar-refractivity contribution in [2.24, 2.45) is 0 Å². The highest BCUT2D eigenvalue weighted by molar-refractivity contribution is 8.52. The number of hydrogen-bond donors (Lipinski definition) is 0. The predicted octanol–water partition coefficient (Wildman–Crippen LogP) is 3.69. The van der Waals surface area contributed by atoms with Gasteiger partial charge in [0.2, 0.25) is 0 Å². The number of hydrogen-bond acceptors (Lipinski definition) is 5. The Morgan fingerprint density at radius 1 is 1.09 bits per heavy atom. The first kappa shape index (κ1) is 8.09. The molecule has 0 saturated carbocycles. The smallest absolute Gasteiger partial charge is 0.1000 e. The maximum Gasteiger partial charge on any atom is 0.1000 e. The van der Waals surface area contributed by atoms with Gasteiger partial charge in [-0.1, -0.05) is 0 Å². The van der Waals surface area contributed by atoms with Gasteiger partial charge in [0.05, 0.1) is 16.5 Å². The number of rotatable bonds is 0. The van der Waals surface area contributed by atoms with E-state index < -0.39 is 0 Å². The second-order valence-corrected chi connectivity index (χ2v) is 12.4. The van der Waals surface area contributed by atoms with Gasteiger partial charge in [-0.2, -0.15) is 0 Å². The average Bonchev–Trinajstić information content (AvgIpc) is 1.79. The van der Waals surface area contributed by atoms with Crippen molar-refractivity contribution in [3.05, 3.63) is 0 Å². The van der Waals surface area contributed by atoms with Crippen LogP contribution in [0.1, 0.15) is 13.3 Å². The Kier molecular flexibility index (Phi) is 1.93. The summed E-state index contributed by atoms with van der Waals surface area (Å²) < 4.78 is 3.19. The van der Waals surface area contributed by atoms with Gasteiger partial charge in [-0.3, -0.25) is 0 Å². The van der Waals surface area contributed by atoms with Crippen molar-refractivity contribution in [3.8, 4) is 0 Å². The summed E-state index contributed by atoms with van der Waals surface area (Å²) in [5.41, 5.74) is 0. The van der Waals surface area contributed by atoms with Crippen LogP contribution in [0.4, 0.5) is 0 Å². The molecule has 62 valence electrons. The second kappa shape index (κ2) is 2.62. The molecule has 4 saturated heterocycles. The molecule has 0 nitrogen and oxygen atoms in total. The molecule has 4 atom stereocenters. The van der Waals surface area contributed by atoms with E-state index in [9.17, 15) is 0 Å². The summed E-state index contributed by atoms with van der Waals surface area (Å²) in [6.45, 7) is 2.43. The first-order chi connectivity index (χ1) is 5.23. The van der Waals surface area contributed by atoms with Crippen LogP contribution in [0.5, 0.6) is 0 Å². The van der Waals surface area contributed by atoms with E-state index in [1.165, 1.54) is 6.42 Å². The van der Waals surface area contributed by atoms with Crippen LogP contribution in [-0.2, 0) is 0 Å². The molecule has 4 aliphatic rings. The molecule has 11 heavy (non-hydrogen) atoms. The Bertz CT molecular complexity index is 156. The highest BCUT2D eigenvalue weighted by atomic mass is 32.3. The minimum absolute atomic E-state index is 0.571. The van der Waals surface area contributed by atoms with Gasteiger partial charge in [-0.05, 0) is 13.3 Å². The van der Waals surface area contributed by atoms with E-state index in [2.05, 4.69) is 65.7 Å². The molecule has 4 aliphatic heterocycles. The summed E-state index contributed by atoms with van der Waals surface area (Å²) in [5.74, 6) is 0. The van der Waals surface area contributed by atoms with Crippen molar-refractivity contribution in [1.82, 2.24) is 0 Å². The van der Waals surface area contributed by atoms with E-state index in [0.717, 1.165) is 12.4 Å². The summed E-state index contributed by atoms with van der Waals surface area (Å²) in [6, 6.07) is 0. The highest BCUT2D eigenvalue weighted by Crippen LogP contribution is 2.72. The maximum atomic E-state index is 2.43. The van der Waals surface area contributed by atoms with E-state index in [-0.39, 0.29) is 0 Å². The van der Waals surface area contributed by atoms with Gasteiger partial charge in [0, 0.05) is 0 Å². The summed E-state index contributed by atoms with van der Waals surface area (Å²) in [5, 5.41) is 0. The quantitative estimate of drug-likeness (QED) is 0.631. The van der Waals surface area contributed by atoms with Crippen molar-refractivity contribution < 1.29 is 0 Å². The van der Waals surface area contributed by atoms with Crippen LogP contribution in [0.15, 0.2) is 0 Å². The third-order valence-corrected chi connectivity index (χ3v) is 10.6. The van der Waals surface area contributed by atoms with Crippen molar-refractivity contribution in [1.29, 1.82) is 0 Å². The van der Waals surface area contributed by atoms with Crippen LogP contribution < -0.4 is 0 Å². The molecule has 5 heteroatoms. The lowest BCUT2D eigenvalue weighted by Gasteiger charge is -2.52. The fourth-order valence-corrected chi connectivity index (χ4v) is 15.8. The van der Waals surface area contributed by atoms with Crippen molar-refractivity contribution >= 4 is 58.8 Å². The predicted molar refractivity (Wildman–Crippen MR) is 62.3 cm³/mol. The zero-order valence-corrected chi connectivity index (χ0v) is 10.1. The van der Waals surface area contributed by atoms with Gasteiger partial charge in [0.1, 0.15) is 0 Å². The average molecular weight is 240 g/mol. The molecule has 0 aromatic carbocycles. The monoisotopic (exact) mass is 240 g/mol. The van der Waals surface area contributed by atoms with Gasteiger partial charge in [-0.15, -0.1) is 58.8 Å². The minimum Gasteiger partial charge on any atom is -0.122 e. The first-order valence-electron chi connectivity index (χ1n) is 3.56. The van der Waals surface area contributed by atoms with Crippen molar-refractivity contribution in [2.75, 3.05) is 0 Å². The second-order valence-electron chi connectivity index (χ2n) is 2.99. The molecule has 0 spiro atoms. The lowest BCUT2D eigenvalue weighted by atomic mass is 10.3. The van der Waals surface area contributed by atoms with Crippen LogP contribution in [0.3, 0.4) is 0 Å². The zero-order valence-electron chi connectivity index (χ0n) is 5.98. The van der Waals surface area contributed by atoms with Gasteiger partial charge < -0.3 is 0 Å². The summed E-state index contributed by atoms with van der Waals surface area (Å²) in [6.07, 6.45) is 1.41. The molecule has 0 aromatic rings. The van der Waals surface area contributed by atoms with Gasteiger partial charge in [-0.25, -0.2) is 0 Å². The third kappa shape index (κ3) is 1.35. The topological polar surface area (TPSA) is 0 Å². The number of thioether (sulfide) groups is 5. The Labute approximate surface area is 88.2 Å². The van der Waals surface area contributed by atoms with E-state index in [1.54, 1.807) is 0 Å². The summed E-state index contributed by atoms with van der Waals surface area (Å²) in [7, 11) is 0. The fourth-order valence-electron chi connectivity index (χ4n) is 1.48. The molecule has 0 radical (unpaired) electrons. The highest BCUT2D eigenvalue weighted by Gasteiger charge is 2.51. The SMILES string of the molecule is C[C@@]12CC3SC(S[C@@H](S3)S1)S2. The molecule has 4 bridgehead atoms. The lowest BCUT2D eigenvalue weighted by Crippen LogP contribution is -2.38. The summed E-state index contributed by atoms with van der Waals surface area (Å²) in [4.78, 5) is 0. The van der Waals surface area contributed by atoms with E-state index in [4.69, 9.17) is 0 Å². The first-order valence-corrected chi connectivity index (χ1v) is 8.14. The Balaban J connectivity index is 1.94. The minimum atomic E-state index is 0.571. The fraction of sp³-hybridized carbons (Fsp3) is 1.00. The molecular formula is C6H8S5. The molecule has 0 N–H and O–H groups in total. The largest absolute Gasteiger partial charge is 0.122 e. The Morgan fingerprint density at radius 3 is 2.18 bits per heavy atom. The molecule has 4 fully saturated rings. The van der Waals surface area contributed by atoms with Crippen LogP contribution in [0.2, 0.25) is 0 Å². The summed E-state index contributed by atoms with van der Waals surface area (Å²) >= 11 is 10.9. The maximum absolute atomic E-state index is 2.43. The zero-order chi connectivity index (χ0) is 7.47. The standard InChI is InChI=1S/C6H8S5/c1-6-2-3-7-4(10-6)9-5(8-3)11-6/h3-5H,2H2,1H3/t3?,4-,5?,6-/m1/s1. The Morgan fingerprint density at radius 2 is 1.73 bits per heavy atom. The molecule has 0 amide bonds. The van der Waals surface area contributed by atoms with Gasteiger partial charge in [0.25, 0.3) is 0 Å². The lowest BCUT2D eigenvalue weighted by molar-refractivity contribution is 0.820. The van der Waals surface area contributed by atoms with E-state index >= 15 is 0 Å². The van der Waals surface area contributed by atoms with Crippen LogP contribution in [0, 0.1) is 0 Å². The molecule has 0 aliphatic carbocycles.